The maximum atomic E-state index is 3.46. The van der Waals surface area contributed by atoms with E-state index in [0.29, 0.717) is 0 Å². The second-order valence-corrected chi connectivity index (χ2v) is 4.59. The highest BCUT2D eigenvalue weighted by atomic mass is 79.9. The summed E-state index contributed by atoms with van der Waals surface area (Å²) < 4.78 is 0. The molecule has 1 aliphatic heterocycles. The predicted octanol–water partition coefficient (Wildman–Crippen LogP) is 1.82. The topological polar surface area (TPSA) is 3.24 Å². The Bertz CT molecular complexity index is 97.6. The van der Waals surface area contributed by atoms with E-state index in [1.807, 2.05) is 0 Å². The zero-order chi connectivity index (χ0) is 7.40. The summed E-state index contributed by atoms with van der Waals surface area (Å²) in [7, 11) is 0. The first kappa shape index (κ1) is 8.88. The van der Waals surface area contributed by atoms with Gasteiger partial charge in [0.05, 0.1) is 0 Å². The number of nitrogens with zero attached hydrogens (tertiary/aromatic N) is 1. The second-order valence-electron chi connectivity index (χ2n) is 2.65. The lowest BCUT2D eigenvalue weighted by Gasteiger charge is -2.32. The maximum absolute atomic E-state index is 3.46. The van der Waals surface area contributed by atoms with Crippen molar-refractivity contribution in [3.63, 3.8) is 0 Å². The van der Waals surface area contributed by atoms with Crippen molar-refractivity contribution < 1.29 is 0 Å². The minimum atomic E-state index is 0.788. The molecule has 10 heavy (non-hydrogen) atoms. The normalized spacial score (nSPS) is 28.8. The molecular formula is C7H14BrNS. The van der Waals surface area contributed by atoms with E-state index in [0.717, 1.165) is 11.4 Å². The van der Waals surface area contributed by atoms with Crippen molar-refractivity contribution in [3.8, 4) is 0 Å². The Morgan fingerprint density at radius 1 is 1.70 bits per heavy atom. The van der Waals surface area contributed by atoms with E-state index >= 15 is 0 Å². The Morgan fingerprint density at radius 3 is 3.10 bits per heavy atom. The van der Waals surface area contributed by atoms with Crippen molar-refractivity contribution in [2.75, 3.05) is 29.9 Å². The molecule has 1 aliphatic rings. The fraction of sp³-hybridized carbons (Fsp3) is 1.00. The summed E-state index contributed by atoms with van der Waals surface area (Å²) in [6.07, 6.45) is 0. The van der Waals surface area contributed by atoms with Gasteiger partial charge >= 0.3 is 0 Å². The molecule has 1 rings (SSSR count). The quantitative estimate of drug-likeness (QED) is 0.658. The van der Waals surface area contributed by atoms with Crippen LogP contribution >= 0.6 is 27.7 Å². The van der Waals surface area contributed by atoms with Gasteiger partial charge in [-0.2, -0.15) is 11.8 Å². The minimum absolute atomic E-state index is 0.788. The van der Waals surface area contributed by atoms with Gasteiger partial charge in [-0.1, -0.05) is 15.9 Å². The fourth-order valence-corrected chi connectivity index (χ4v) is 2.74. The van der Waals surface area contributed by atoms with Crippen molar-refractivity contribution in [2.45, 2.75) is 13.0 Å². The minimum Gasteiger partial charge on any atom is -0.298 e. The van der Waals surface area contributed by atoms with Gasteiger partial charge in [0.25, 0.3) is 0 Å². The van der Waals surface area contributed by atoms with Crippen molar-refractivity contribution in [2.24, 2.45) is 0 Å². The van der Waals surface area contributed by atoms with Gasteiger partial charge in [0, 0.05) is 36.0 Å². The van der Waals surface area contributed by atoms with Gasteiger partial charge in [0.1, 0.15) is 0 Å². The third kappa shape index (κ3) is 2.44. The molecule has 1 fully saturated rings. The van der Waals surface area contributed by atoms with Gasteiger partial charge in [0.2, 0.25) is 0 Å². The van der Waals surface area contributed by atoms with Gasteiger partial charge in [-0.25, -0.2) is 0 Å². The number of hydrogen-bond donors (Lipinski definition) is 0. The van der Waals surface area contributed by atoms with Crippen LogP contribution in [0.1, 0.15) is 6.92 Å². The molecular weight excluding hydrogens is 210 g/mol. The fourth-order valence-electron chi connectivity index (χ4n) is 1.20. The van der Waals surface area contributed by atoms with E-state index in [1.54, 1.807) is 0 Å². The SMILES string of the molecule is CC1CSCCN1CCBr. The molecule has 1 nitrogen and oxygen atoms in total. The summed E-state index contributed by atoms with van der Waals surface area (Å²) in [4.78, 5) is 2.55. The Labute approximate surface area is 75.7 Å². The second kappa shape index (κ2) is 4.62. The molecule has 0 aromatic rings. The number of halogens is 1. The number of thioether (sulfide) groups is 1. The molecule has 0 N–H and O–H groups in total. The molecule has 0 saturated carbocycles. The Kier molecular flexibility index (Phi) is 4.11. The van der Waals surface area contributed by atoms with E-state index in [-0.39, 0.29) is 0 Å². The molecule has 1 heterocycles. The smallest absolute Gasteiger partial charge is 0.0159 e. The van der Waals surface area contributed by atoms with E-state index < -0.39 is 0 Å². The summed E-state index contributed by atoms with van der Waals surface area (Å²) in [5.41, 5.74) is 0. The average Bonchev–Trinajstić information content (AvgIpc) is 1.94. The molecule has 0 aliphatic carbocycles. The van der Waals surface area contributed by atoms with Crippen LogP contribution in [0.5, 0.6) is 0 Å². The highest BCUT2D eigenvalue weighted by Gasteiger charge is 2.16. The first-order valence-corrected chi connectivity index (χ1v) is 6.00. The van der Waals surface area contributed by atoms with E-state index in [9.17, 15) is 0 Å². The van der Waals surface area contributed by atoms with Crippen LogP contribution < -0.4 is 0 Å². The van der Waals surface area contributed by atoms with Gasteiger partial charge in [0.15, 0.2) is 0 Å². The van der Waals surface area contributed by atoms with Crippen LogP contribution in [0.3, 0.4) is 0 Å². The number of rotatable bonds is 2. The van der Waals surface area contributed by atoms with Crippen molar-refractivity contribution >= 4 is 27.7 Å². The van der Waals surface area contributed by atoms with Crippen LogP contribution in [-0.2, 0) is 0 Å². The zero-order valence-corrected chi connectivity index (χ0v) is 8.75. The molecule has 0 amide bonds. The van der Waals surface area contributed by atoms with E-state index in [4.69, 9.17) is 0 Å². The Morgan fingerprint density at radius 2 is 2.50 bits per heavy atom. The number of hydrogen-bond acceptors (Lipinski definition) is 2. The van der Waals surface area contributed by atoms with Gasteiger partial charge in [-0.15, -0.1) is 0 Å². The molecule has 0 aromatic heterocycles. The van der Waals surface area contributed by atoms with Crippen molar-refractivity contribution in [1.29, 1.82) is 0 Å². The molecule has 0 radical (unpaired) electrons. The zero-order valence-electron chi connectivity index (χ0n) is 6.35. The van der Waals surface area contributed by atoms with Crippen LogP contribution in [0.15, 0.2) is 0 Å². The molecule has 1 saturated heterocycles. The molecule has 3 heteroatoms. The Balaban J connectivity index is 2.25. The van der Waals surface area contributed by atoms with Crippen LogP contribution in [-0.4, -0.2) is 40.9 Å². The lowest BCUT2D eigenvalue weighted by atomic mass is 10.3. The monoisotopic (exact) mass is 223 g/mol. The maximum Gasteiger partial charge on any atom is 0.0159 e. The highest BCUT2D eigenvalue weighted by Crippen LogP contribution is 2.15. The number of alkyl halides is 1. The lowest BCUT2D eigenvalue weighted by Crippen LogP contribution is -2.41. The Hall–Kier alpha value is 0.790. The molecule has 1 atom stereocenters. The lowest BCUT2D eigenvalue weighted by molar-refractivity contribution is 0.248. The largest absolute Gasteiger partial charge is 0.298 e. The standard InChI is InChI=1S/C7H14BrNS/c1-7-6-10-5-4-9(7)3-2-8/h7H,2-6H2,1H3. The van der Waals surface area contributed by atoms with Crippen LogP contribution in [0.4, 0.5) is 0 Å². The summed E-state index contributed by atoms with van der Waals surface area (Å²) in [5, 5.41) is 1.11. The molecule has 0 bridgehead atoms. The molecule has 1 unspecified atom stereocenters. The molecule has 0 spiro atoms. The molecule has 0 aromatic carbocycles. The predicted molar refractivity (Wildman–Crippen MR) is 52.2 cm³/mol. The first-order valence-electron chi connectivity index (χ1n) is 3.72. The third-order valence-electron chi connectivity index (χ3n) is 1.88. The highest BCUT2D eigenvalue weighted by molar-refractivity contribution is 9.09. The van der Waals surface area contributed by atoms with E-state index in [1.165, 1.54) is 24.6 Å². The van der Waals surface area contributed by atoms with Gasteiger partial charge in [-0.05, 0) is 6.92 Å². The van der Waals surface area contributed by atoms with Crippen LogP contribution in [0, 0.1) is 0 Å². The van der Waals surface area contributed by atoms with Crippen molar-refractivity contribution in [3.05, 3.63) is 0 Å². The van der Waals surface area contributed by atoms with Gasteiger partial charge in [-0.3, -0.25) is 4.90 Å². The summed E-state index contributed by atoms with van der Waals surface area (Å²) in [5.74, 6) is 2.63. The van der Waals surface area contributed by atoms with Crippen molar-refractivity contribution in [1.82, 2.24) is 4.90 Å². The van der Waals surface area contributed by atoms with Crippen LogP contribution in [0.2, 0.25) is 0 Å². The first-order chi connectivity index (χ1) is 4.84. The van der Waals surface area contributed by atoms with Gasteiger partial charge < -0.3 is 0 Å². The van der Waals surface area contributed by atoms with Crippen LogP contribution in [0.25, 0.3) is 0 Å². The summed E-state index contributed by atoms with van der Waals surface area (Å²) >= 11 is 5.54. The molecule has 60 valence electrons. The summed E-state index contributed by atoms with van der Waals surface area (Å²) in [6, 6.07) is 0.788. The third-order valence-corrected chi connectivity index (χ3v) is 3.42. The average molecular weight is 224 g/mol. The van der Waals surface area contributed by atoms with E-state index in [2.05, 4.69) is 39.5 Å². The summed E-state index contributed by atoms with van der Waals surface area (Å²) in [6.45, 7) is 4.80.